The summed E-state index contributed by atoms with van der Waals surface area (Å²) in [6.07, 6.45) is 0. The number of benzene rings is 2. The molecule has 4 aromatic rings. The number of nitrogens with one attached hydrogen (secondary N) is 1. The van der Waals surface area contributed by atoms with Gasteiger partial charge in [0.05, 0.1) is 22.3 Å². The summed E-state index contributed by atoms with van der Waals surface area (Å²) in [6.45, 7) is 1.99. The molecule has 4 rings (SSSR count). The lowest BCUT2D eigenvalue weighted by Gasteiger charge is -2.11. The molecule has 27 heavy (non-hydrogen) atoms. The molecule has 0 saturated carbocycles. The molecule has 2 aromatic heterocycles. The summed E-state index contributed by atoms with van der Waals surface area (Å²) in [6, 6.07) is 15.0. The molecule has 0 aliphatic carbocycles. The monoisotopic (exact) mass is 379 g/mol. The number of aryl methyl sites for hydroxylation is 1. The van der Waals surface area contributed by atoms with Gasteiger partial charge >= 0.3 is 0 Å². The van der Waals surface area contributed by atoms with E-state index in [2.05, 4.69) is 15.5 Å². The second-order valence-electron chi connectivity index (χ2n) is 6.07. The van der Waals surface area contributed by atoms with Crippen molar-refractivity contribution in [2.24, 2.45) is 0 Å². The summed E-state index contributed by atoms with van der Waals surface area (Å²) in [5.41, 5.74) is 2.38. The molecule has 0 radical (unpaired) electrons. The van der Waals surface area contributed by atoms with Gasteiger partial charge in [0.2, 0.25) is 11.7 Å². The van der Waals surface area contributed by atoms with Crippen LogP contribution in [0.1, 0.15) is 5.56 Å². The Morgan fingerprint density at radius 3 is 2.59 bits per heavy atom. The lowest BCUT2D eigenvalue weighted by Crippen LogP contribution is -2.22. The van der Waals surface area contributed by atoms with E-state index in [0.717, 1.165) is 11.3 Å². The smallest absolute Gasteiger partial charge is 0.267 e. The zero-order chi connectivity index (χ0) is 19.0. The number of amides is 1. The van der Waals surface area contributed by atoms with Gasteiger partial charge in [-0.3, -0.25) is 14.0 Å². The number of hydrogen-bond acceptors (Lipinski definition) is 5. The zero-order valence-corrected chi connectivity index (χ0v) is 15.7. The summed E-state index contributed by atoms with van der Waals surface area (Å²) in [7, 11) is 1.59. The Bertz CT molecular complexity index is 1210. The predicted octanol–water partition coefficient (Wildman–Crippen LogP) is 2.18. The molecule has 2 heterocycles. The quantitative estimate of drug-likeness (QED) is 0.550. The topological polar surface area (TPSA) is 81.3 Å². The third-order valence-electron chi connectivity index (χ3n) is 4.30. The van der Waals surface area contributed by atoms with Crippen LogP contribution < -0.4 is 10.9 Å². The number of aromatic nitrogens is 4. The van der Waals surface area contributed by atoms with Gasteiger partial charge in [0.25, 0.3) is 5.56 Å². The minimum atomic E-state index is -0.155. The van der Waals surface area contributed by atoms with E-state index in [0.29, 0.717) is 21.8 Å². The Kier molecular flexibility index (Phi) is 4.41. The van der Waals surface area contributed by atoms with Crippen molar-refractivity contribution in [2.75, 3.05) is 12.8 Å². The number of carbonyl (C=O) groups excluding carboxylic acids is 1. The van der Waals surface area contributed by atoms with Crippen LogP contribution in [0.4, 0.5) is 0 Å². The third-order valence-corrected chi connectivity index (χ3v) is 5.23. The van der Waals surface area contributed by atoms with Crippen molar-refractivity contribution in [1.29, 1.82) is 0 Å². The summed E-state index contributed by atoms with van der Waals surface area (Å²) in [4.78, 5) is 24.8. The summed E-state index contributed by atoms with van der Waals surface area (Å²) < 4.78 is 3.38. The molecule has 7 nitrogen and oxygen atoms in total. The molecule has 0 unspecified atom stereocenters. The number of hydrogen-bond donors (Lipinski definition) is 1. The highest BCUT2D eigenvalue weighted by Crippen LogP contribution is 2.23. The van der Waals surface area contributed by atoms with Crippen molar-refractivity contribution in [3.05, 3.63) is 64.4 Å². The fourth-order valence-electron chi connectivity index (χ4n) is 2.90. The molecule has 1 N–H and O–H groups in total. The minimum absolute atomic E-state index is 0.104. The molecule has 0 saturated heterocycles. The van der Waals surface area contributed by atoms with E-state index >= 15 is 0 Å². The zero-order valence-electron chi connectivity index (χ0n) is 14.8. The molecule has 1 amide bonds. The first-order valence-corrected chi connectivity index (χ1v) is 9.38. The summed E-state index contributed by atoms with van der Waals surface area (Å²) in [5.74, 6) is 0.532. The van der Waals surface area contributed by atoms with Crippen molar-refractivity contribution in [3.8, 4) is 5.69 Å². The normalized spacial score (nSPS) is 11.2. The molecule has 0 atom stereocenters. The fraction of sp³-hybridized carbons (Fsp3) is 0.158. The maximum Gasteiger partial charge on any atom is 0.267 e. The molecule has 0 aliphatic heterocycles. The Hall–Kier alpha value is -3.13. The fourth-order valence-corrected chi connectivity index (χ4v) is 3.71. The van der Waals surface area contributed by atoms with Gasteiger partial charge in [-0.1, -0.05) is 41.6 Å². The second kappa shape index (κ2) is 6.88. The SMILES string of the molecule is CNC(=O)CSc1nnc2n(-c3ccc(C)cc3)c(=O)c3ccccc3n12. The van der Waals surface area contributed by atoms with Gasteiger partial charge in [-0.15, -0.1) is 10.2 Å². The van der Waals surface area contributed by atoms with Crippen LogP contribution in [0, 0.1) is 6.92 Å². The third kappa shape index (κ3) is 2.97. The highest BCUT2D eigenvalue weighted by Gasteiger charge is 2.18. The van der Waals surface area contributed by atoms with Gasteiger partial charge in [0, 0.05) is 7.05 Å². The van der Waals surface area contributed by atoms with E-state index < -0.39 is 0 Å². The number of thioether (sulfide) groups is 1. The van der Waals surface area contributed by atoms with Crippen LogP contribution in [0.2, 0.25) is 0 Å². The van der Waals surface area contributed by atoms with Gasteiger partial charge in [0.15, 0.2) is 5.16 Å². The first-order chi connectivity index (χ1) is 13.1. The summed E-state index contributed by atoms with van der Waals surface area (Å²) in [5, 5.41) is 12.2. The van der Waals surface area contributed by atoms with Crippen molar-refractivity contribution in [2.45, 2.75) is 12.1 Å². The largest absolute Gasteiger partial charge is 0.358 e. The average Bonchev–Trinajstić information content (AvgIpc) is 3.11. The number of carbonyl (C=O) groups is 1. The molecule has 0 fully saturated rings. The van der Waals surface area contributed by atoms with Crippen LogP contribution in [-0.4, -0.2) is 37.9 Å². The molecular weight excluding hydrogens is 362 g/mol. The highest BCUT2D eigenvalue weighted by molar-refractivity contribution is 7.99. The lowest BCUT2D eigenvalue weighted by molar-refractivity contribution is -0.118. The van der Waals surface area contributed by atoms with E-state index in [9.17, 15) is 9.59 Å². The number of para-hydroxylation sites is 1. The summed E-state index contributed by atoms with van der Waals surface area (Å²) >= 11 is 1.28. The van der Waals surface area contributed by atoms with Crippen LogP contribution in [0.5, 0.6) is 0 Å². The minimum Gasteiger partial charge on any atom is -0.358 e. The van der Waals surface area contributed by atoms with E-state index in [-0.39, 0.29) is 17.2 Å². The Morgan fingerprint density at radius 2 is 1.85 bits per heavy atom. The van der Waals surface area contributed by atoms with Crippen LogP contribution in [0.3, 0.4) is 0 Å². The average molecular weight is 379 g/mol. The van der Waals surface area contributed by atoms with Gasteiger partial charge < -0.3 is 5.32 Å². The molecule has 8 heteroatoms. The Morgan fingerprint density at radius 1 is 1.11 bits per heavy atom. The van der Waals surface area contributed by atoms with Gasteiger partial charge in [-0.25, -0.2) is 4.57 Å². The Labute approximate surface area is 159 Å². The van der Waals surface area contributed by atoms with E-state index in [1.165, 1.54) is 11.8 Å². The van der Waals surface area contributed by atoms with Gasteiger partial charge in [-0.05, 0) is 31.2 Å². The Balaban J connectivity index is 2.01. The molecule has 2 aromatic carbocycles. The first-order valence-electron chi connectivity index (χ1n) is 8.39. The van der Waals surface area contributed by atoms with E-state index in [1.54, 1.807) is 17.7 Å². The van der Waals surface area contributed by atoms with Crippen molar-refractivity contribution < 1.29 is 4.79 Å². The van der Waals surface area contributed by atoms with Crippen LogP contribution in [0.25, 0.3) is 22.4 Å². The van der Waals surface area contributed by atoms with Crippen molar-refractivity contribution in [1.82, 2.24) is 24.5 Å². The van der Waals surface area contributed by atoms with E-state index in [1.807, 2.05) is 53.8 Å². The molecule has 136 valence electrons. The van der Waals surface area contributed by atoms with E-state index in [4.69, 9.17) is 0 Å². The molecule has 0 spiro atoms. The molecule has 0 aliphatic rings. The lowest BCUT2D eigenvalue weighted by atomic mass is 10.2. The number of fused-ring (bicyclic) bond motifs is 3. The van der Waals surface area contributed by atoms with Crippen LogP contribution in [0.15, 0.2) is 58.5 Å². The van der Waals surface area contributed by atoms with Crippen LogP contribution >= 0.6 is 11.8 Å². The van der Waals surface area contributed by atoms with Crippen LogP contribution in [-0.2, 0) is 4.79 Å². The van der Waals surface area contributed by atoms with Gasteiger partial charge in [0.1, 0.15) is 0 Å². The van der Waals surface area contributed by atoms with Gasteiger partial charge in [-0.2, -0.15) is 0 Å². The second-order valence-corrected chi connectivity index (χ2v) is 7.02. The number of nitrogens with zero attached hydrogens (tertiary/aromatic N) is 4. The number of rotatable bonds is 4. The standard InChI is InChI=1S/C19H17N5O2S/c1-12-7-9-13(10-8-12)23-17(26)14-5-3-4-6-15(14)24-18(23)21-22-19(24)27-11-16(25)20-2/h3-10H,11H2,1-2H3,(H,20,25). The molecular formula is C19H17N5O2S. The maximum atomic E-state index is 13.2. The maximum absolute atomic E-state index is 13.2. The van der Waals surface area contributed by atoms with Crippen molar-refractivity contribution >= 4 is 34.3 Å². The molecule has 0 bridgehead atoms. The predicted molar refractivity (Wildman–Crippen MR) is 106 cm³/mol. The van der Waals surface area contributed by atoms with Crippen molar-refractivity contribution in [3.63, 3.8) is 0 Å². The first kappa shape index (κ1) is 17.3. The highest BCUT2D eigenvalue weighted by atomic mass is 32.2.